The number of amides is 5. The second kappa shape index (κ2) is 18.0. The summed E-state index contributed by atoms with van der Waals surface area (Å²) in [5, 5.41) is 8.36. The number of halogens is 1. The van der Waals surface area contributed by atoms with Gasteiger partial charge in [-0.1, -0.05) is 55.8 Å². The fraction of sp³-hybridized carbons (Fsp3) is 0.571. The number of nitrogens with one attached hydrogen (secondary N) is 3. The van der Waals surface area contributed by atoms with Gasteiger partial charge >= 0.3 is 12.1 Å². The predicted molar refractivity (Wildman–Crippen MR) is 152 cm³/mol. The lowest BCUT2D eigenvalue weighted by atomic mass is 9.85. The average Bonchev–Trinajstić information content (AvgIpc) is 2.94. The molecule has 1 fully saturated rings. The number of urea groups is 1. The molecule has 1 aromatic carbocycles. The van der Waals surface area contributed by atoms with Gasteiger partial charge in [0.1, 0.15) is 18.6 Å². The maximum absolute atomic E-state index is 13.1. The van der Waals surface area contributed by atoms with Crippen LogP contribution in [0.3, 0.4) is 0 Å². The van der Waals surface area contributed by atoms with E-state index in [4.69, 9.17) is 16.3 Å². The molecule has 12 heteroatoms. The molecule has 1 saturated carbocycles. The quantitative estimate of drug-likeness (QED) is 0.227. The van der Waals surface area contributed by atoms with Crippen LogP contribution < -0.4 is 16.0 Å². The number of hydrogen-bond donors (Lipinski definition) is 3. The number of likely N-dealkylation sites (N-methyl/N-ethyl adjacent to an activating group) is 1. The van der Waals surface area contributed by atoms with E-state index in [1.54, 1.807) is 38.2 Å². The summed E-state index contributed by atoms with van der Waals surface area (Å²) in [5.74, 6) is -0.661. The number of carbonyl (C=O) groups is 5. The molecule has 0 saturated heterocycles. The van der Waals surface area contributed by atoms with E-state index in [1.807, 2.05) is 0 Å². The normalized spacial score (nSPS) is 14.5. The van der Waals surface area contributed by atoms with Crippen molar-refractivity contribution in [3.63, 3.8) is 0 Å². The van der Waals surface area contributed by atoms with E-state index in [1.165, 1.54) is 4.90 Å². The molecule has 5 amide bonds. The molecule has 0 unspecified atom stereocenters. The standard InChI is InChI=1S/C28H40ClN5O6/c1-3-30-27(38)31-14-15-34(2)25(36)13-12-23(18-35)32-26(37)24(17-20-8-5-4-6-9-20)33-28(39)40-19-21-10-7-11-22(29)16-21/h7,10-11,16,18,20,23H,3-6,8-9,12-15,17,19H2,1-2H3,(H,32,37)(H2,30,31,38)/b33-24+/t23-/m0/s1. The smallest absolute Gasteiger partial charge is 0.434 e. The van der Waals surface area contributed by atoms with Crippen molar-refractivity contribution in [1.82, 2.24) is 20.9 Å². The Morgan fingerprint density at radius 1 is 1.18 bits per heavy atom. The van der Waals surface area contributed by atoms with Crippen LogP contribution in [0.4, 0.5) is 9.59 Å². The first kappa shape index (κ1) is 32.7. The first-order valence-corrected chi connectivity index (χ1v) is 14.1. The zero-order chi connectivity index (χ0) is 29.3. The number of benzene rings is 1. The minimum Gasteiger partial charge on any atom is -0.443 e. The van der Waals surface area contributed by atoms with Crippen LogP contribution in [-0.2, 0) is 25.7 Å². The molecule has 0 bridgehead atoms. The molecule has 1 aliphatic carbocycles. The molecule has 1 aliphatic rings. The number of rotatable bonds is 14. The van der Waals surface area contributed by atoms with Gasteiger partial charge in [0.05, 0.1) is 6.04 Å². The van der Waals surface area contributed by atoms with E-state index < -0.39 is 18.0 Å². The van der Waals surface area contributed by atoms with Gasteiger partial charge < -0.3 is 30.4 Å². The first-order valence-electron chi connectivity index (χ1n) is 13.7. The van der Waals surface area contributed by atoms with Crippen molar-refractivity contribution in [3.05, 3.63) is 34.9 Å². The molecule has 1 atom stereocenters. The van der Waals surface area contributed by atoms with Gasteiger partial charge in [-0.05, 0) is 43.4 Å². The summed E-state index contributed by atoms with van der Waals surface area (Å²) in [4.78, 5) is 66.7. The van der Waals surface area contributed by atoms with Crippen LogP contribution in [0.15, 0.2) is 29.3 Å². The van der Waals surface area contributed by atoms with Gasteiger partial charge in [-0.15, -0.1) is 0 Å². The highest BCUT2D eigenvalue weighted by Crippen LogP contribution is 2.27. The van der Waals surface area contributed by atoms with Gasteiger partial charge in [-0.3, -0.25) is 9.59 Å². The van der Waals surface area contributed by atoms with Gasteiger partial charge in [-0.2, -0.15) is 4.99 Å². The Bertz CT molecular complexity index is 1040. The number of hydrogen-bond acceptors (Lipinski definition) is 6. The largest absolute Gasteiger partial charge is 0.443 e. The molecular formula is C28H40ClN5O6. The van der Waals surface area contributed by atoms with Crippen molar-refractivity contribution >= 4 is 47.5 Å². The van der Waals surface area contributed by atoms with E-state index in [2.05, 4.69) is 20.9 Å². The van der Waals surface area contributed by atoms with Crippen LogP contribution in [-0.4, -0.2) is 73.6 Å². The number of ether oxygens (including phenoxy) is 1. The molecule has 220 valence electrons. The second-order valence-corrected chi connectivity index (χ2v) is 10.2. The SMILES string of the molecule is CCNC(=O)NCCN(C)C(=O)CC[C@@H](C=O)NC(=O)/C(CC1CCCCC1)=N/C(=O)OCc1cccc(Cl)c1. The van der Waals surface area contributed by atoms with Crippen LogP contribution >= 0.6 is 11.6 Å². The minimum atomic E-state index is -0.933. The Kier molecular flexibility index (Phi) is 14.7. The molecule has 0 spiro atoms. The fourth-order valence-corrected chi connectivity index (χ4v) is 4.56. The van der Waals surface area contributed by atoms with Crippen molar-refractivity contribution in [1.29, 1.82) is 0 Å². The third kappa shape index (κ3) is 12.6. The highest BCUT2D eigenvalue weighted by atomic mass is 35.5. The lowest BCUT2D eigenvalue weighted by Crippen LogP contribution is -2.43. The third-order valence-electron chi connectivity index (χ3n) is 6.59. The summed E-state index contributed by atoms with van der Waals surface area (Å²) in [6.07, 6.45) is 5.13. The van der Waals surface area contributed by atoms with Crippen molar-refractivity contribution in [2.24, 2.45) is 10.9 Å². The molecule has 0 heterocycles. The molecule has 1 aromatic rings. The van der Waals surface area contributed by atoms with E-state index in [0.717, 1.165) is 32.1 Å². The van der Waals surface area contributed by atoms with Crippen molar-refractivity contribution in [2.45, 2.75) is 70.9 Å². The summed E-state index contributed by atoms with van der Waals surface area (Å²) in [6.45, 7) is 2.82. The second-order valence-electron chi connectivity index (χ2n) is 9.81. The highest BCUT2D eigenvalue weighted by Gasteiger charge is 2.24. The third-order valence-corrected chi connectivity index (χ3v) is 6.83. The molecule has 0 aromatic heterocycles. The fourth-order valence-electron chi connectivity index (χ4n) is 4.35. The monoisotopic (exact) mass is 577 g/mol. The summed E-state index contributed by atoms with van der Waals surface area (Å²) < 4.78 is 5.24. The number of aliphatic imine (C=N–C) groups is 1. The minimum absolute atomic E-state index is 0.00900. The van der Waals surface area contributed by atoms with Gasteiger partial charge in [0.25, 0.3) is 5.91 Å². The lowest BCUT2D eigenvalue weighted by molar-refractivity contribution is -0.130. The van der Waals surface area contributed by atoms with E-state index in [9.17, 15) is 24.0 Å². The molecule has 40 heavy (non-hydrogen) atoms. The molecule has 2 rings (SSSR count). The number of carbonyl (C=O) groups excluding carboxylic acids is 5. The predicted octanol–water partition coefficient (Wildman–Crippen LogP) is 3.63. The Morgan fingerprint density at radius 2 is 1.93 bits per heavy atom. The maximum atomic E-state index is 13.1. The topological polar surface area (TPSA) is 146 Å². The van der Waals surface area contributed by atoms with Crippen LogP contribution in [0.25, 0.3) is 0 Å². The summed E-state index contributed by atoms with van der Waals surface area (Å²) in [7, 11) is 1.60. The maximum Gasteiger partial charge on any atom is 0.434 e. The van der Waals surface area contributed by atoms with Gasteiger partial charge in [0.2, 0.25) is 5.91 Å². The lowest BCUT2D eigenvalue weighted by Gasteiger charge is -2.22. The summed E-state index contributed by atoms with van der Waals surface area (Å²) in [6, 6.07) is 5.62. The van der Waals surface area contributed by atoms with Crippen molar-refractivity contribution in [2.75, 3.05) is 26.7 Å². The zero-order valence-electron chi connectivity index (χ0n) is 23.2. The van der Waals surface area contributed by atoms with Gasteiger partial charge in [0.15, 0.2) is 0 Å². The molecule has 11 nitrogen and oxygen atoms in total. The van der Waals surface area contributed by atoms with E-state index in [-0.39, 0.29) is 49.6 Å². The van der Waals surface area contributed by atoms with Crippen molar-refractivity contribution < 1.29 is 28.7 Å². The Morgan fingerprint density at radius 3 is 2.60 bits per heavy atom. The summed E-state index contributed by atoms with van der Waals surface area (Å²) >= 11 is 5.97. The average molecular weight is 578 g/mol. The molecule has 0 radical (unpaired) electrons. The summed E-state index contributed by atoms with van der Waals surface area (Å²) in [5.41, 5.74) is 0.694. The Hall–Kier alpha value is -3.47. The molecular weight excluding hydrogens is 538 g/mol. The Labute approximate surface area is 240 Å². The number of nitrogens with zero attached hydrogens (tertiary/aromatic N) is 2. The van der Waals surface area contributed by atoms with Crippen LogP contribution in [0.2, 0.25) is 5.02 Å². The number of aldehydes is 1. The van der Waals surface area contributed by atoms with Crippen molar-refractivity contribution in [3.8, 4) is 0 Å². The van der Waals surface area contributed by atoms with Crippen LogP contribution in [0.5, 0.6) is 0 Å². The van der Waals surface area contributed by atoms with E-state index in [0.29, 0.717) is 36.4 Å². The van der Waals surface area contributed by atoms with Gasteiger partial charge in [0, 0.05) is 38.1 Å². The van der Waals surface area contributed by atoms with E-state index >= 15 is 0 Å². The highest BCUT2D eigenvalue weighted by molar-refractivity contribution is 6.40. The van der Waals surface area contributed by atoms with Crippen LogP contribution in [0.1, 0.15) is 63.9 Å². The molecule has 0 aliphatic heterocycles. The first-order chi connectivity index (χ1) is 19.2. The van der Waals surface area contributed by atoms with Crippen LogP contribution in [0, 0.1) is 5.92 Å². The Balaban J connectivity index is 1.94. The molecule has 3 N–H and O–H groups in total. The van der Waals surface area contributed by atoms with Gasteiger partial charge in [-0.25, -0.2) is 9.59 Å². The zero-order valence-corrected chi connectivity index (χ0v) is 24.0.